The number of halogens is 1. The monoisotopic (exact) mass is 346 g/mol. The van der Waals surface area contributed by atoms with Crippen molar-refractivity contribution in [3.8, 4) is 22.3 Å². The maximum Gasteiger partial charge on any atom is 0.473 e. The fraction of sp³-hybridized carbons (Fsp3) is 0.0526. The van der Waals surface area contributed by atoms with Gasteiger partial charge in [0.25, 0.3) is 0 Å². The summed E-state index contributed by atoms with van der Waals surface area (Å²) in [4.78, 5) is 0. The van der Waals surface area contributed by atoms with Gasteiger partial charge in [-0.25, -0.2) is 0 Å². The molecule has 0 saturated heterocycles. The molecule has 0 aliphatic rings. The molecule has 0 saturated carbocycles. The predicted molar refractivity (Wildman–Crippen MR) is 95.7 cm³/mol. The second-order valence-electron chi connectivity index (χ2n) is 5.09. The molecule has 0 spiro atoms. The van der Waals surface area contributed by atoms with Crippen LogP contribution in [0.15, 0.2) is 78.9 Å². The van der Waals surface area contributed by atoms with Crippen molar-refractivity contribution < 1.29 is 0 Å². The molecule has 0 aromatic heterocycles. The molecule has 0 N–H and O–H groups in total. The Morgan fingerprint density at radius 2 is 1.10 bits per heavy atom. The van der Waals surface area contributed by atoms with Crippen LogP contribution in [-0.4, -0.2) is 18.2 Å². The van der Waals surface area contributed by atoms with Crippen LogP contribution in [0.5, 0.6) is 0 Å². The summed E-state index contributed by atoms with van der Waals surface area (Å²) < 4.78 is 1.18. The molecule has 0 amide bonds. The minimum Gasteiger partial charge on any atom is -0.306 e. The molecule has 0 radical (unpaired) electrons. The SMILES string of the molecule is [Br][Mg][CH2]c1cc(-c2ccccc2)cc(-c2ccccc2)c1. The maximum atomic E-state index is 3.69. The zero-order chi connectivity index (χ0) is 14.5. The van der Waals surface area contributed by atoms with E-state index in [1.807, 2.05) is 0 Å². The van der Waals surface area contributed by atoms with Crippen molar-refractivity contribution in [3.05, 3.63) is 84.4 Å². The first kappa shape index (κ1) is 14.8. The molecule has 3 aromatic rings. The maximum absolute atomic E-state index is 3.69. The molecular weight excluding hydrogens is 332 g/mol. The van der Waals surface area contributed by atoms with Crippen LogP contribution in [0.3, 0.4) is 0 Å². The number of hydrogen-bond acceptors (Lipinski definition) is 0. The van der Waals surface area contributed by atoms with Gasteiger partial charge in [0.2, 0.25) is 0 Å². The molecular formula is C19H15BrMg. The lowest BCUT2D eigenvalue weighted by atomic mass is 9.96. The number of rotatable bonds is 4. The summed E-state index contributed by atoms with van der Waals surface area (Å²) >= 11 is 3.52. The Hall–Kier alpha value is -1.09. The van der Waals surface area contributed by atoms with Gasteiger partial charge in [0.1, 0.15) is 0 Å². The van der Waals surface area contributed by atoms with E-state index in [-0.39, 0.29) is 18.2 Å². The summed E-state index contributed by atoms with van der Waals surface area (Å²) in [6, 6.07) is 28.2. The molecule has 0 nitrogen and oxygen atoms in total. The highest BCUT2D eigenvalue weighted by Crippen LogP contribution is 2.28. The summed E-state index contributed by atoms with van der Waals surface area (Å²) in [5, 5.41) is 0. The van der Waals surface area contributed by atoms with E-state index in [1.165, 1.54) is 32.4 Å². The van der Waals surface area contributed by atoms with E-state index in [1.54, 1.807) is 0 Å². The second kappa shape index (κ2) is 7.25. The highest BCUT2D eigenvalue weighted by molar-refractivity contribution is 9.23. The van der Waals surface area contributed by atoms with Crippen LogP contribution in [-0.2, 0) is 4.55 Å². The van der Waals surface area contributed by atoms with Gasteiger partial charge >= 0.3 is 18.2 Å². The third-order valence-corrected chi connectivity index (χ3v) is 5.55. The van der Waals surface area contributed by atoms with Gasteiger partial charge in [-0.3, -0.25) is 0 Å². The average molecular weight is 348 g/mol. The molecule has 21 heavy (non-hydrogen) atoms. The summed E-state index contributed by atoms with van der Waals surface area (Å²) in [6.45, 7) is 0. The first-order valence-corrected chi connectivity index (χ1v) is 12.1. The van der Waals surface area contributed by atoms with Gasteiger partial charge in [-0.1, -0.05) is 78.4 Å². The zero-order valence-corrected chi connectivity index (χ0v) is 14.8. The summed E-state index contributed by atoms with van der Waals surface area (Å²) in [6.07, 6.45) is 0. The highest BCUT2D eigenvalue weighted by Gasteiger charge is 2.05. The van der Waals surface area contributed by atoms with E-state index in [4.69, 9.17) is 0 Å². The summed E-state index contributed by atoms with van der Waals surface area (Å²) in [5.41, 5.74) is 6.61. The molecule has 0 fully saturated rings. The molecule has 100 valence electrons. The Morgan fingerprint density at radius 3 is 1.52 bits per heavy atom. The Morgan fingerprint density at radius 1 is 0.619 bits per heavy atom. The van der Waals surface area contributed by atoms with E-state index in [0.29, 0.717) is 0 Å². The van der Waals surface area contributed by atoms with Crippen molar-refractivity contribution in [2.45, 2.75) is 4.55 Å². The van der Waals surface area contributed by atoms with E-state index < -0.39 is 0 Å². The minimum atomic E-state index is -0.163. The zero-order valence-electron chi connectivity index (χ0n) is 11.8. The Kier molecular flexibility index (Phi) is 5.12. The third kappa shape index (κ3) is 3.76. The first-order valence-electron chi connectivity index (χ1n) is 7.17. The average Bonchev–Trinajstić information content (AvgIpc) is 2.56. The molecule has 0 aliphatic carbocycles. The van der Waals surface area contributed by atoms with Crippen LogP contribution >= 0.6 is 12.9 Å². The largest absolute Gasteiger partial charge is 0.473 e. The lowest BCUT2D eigenvalue weighted by Gasteiger charge is -2.10. The van der Waals surface area contributed by atoms with Gasteiger partial charge in [-0.15, -0.1) is 4.55 Å². The fourth-order valence-corrected chi connectivity index (χ4v) is 4.42. The van der Waals surface area contributed by atoms with Crippen LogP contribution in [0.1, 0.15) is 5.56 Å². The quantitative estimate of drug-likeness (QED) is 0.544. The molecule has 3 aromatic carbocycles. The number of benzene rings is 3. The second-order valence-corrected chi connectivity index (χ2v) is 8.35. The van der Waals surface area contributed by atoms with Crippen molar-refractivity contribution in [2.24, 2.45) is 0 Å². The van der Waals surface area contributed by atoms with Crippen molar-refractivity contribution >= 4 is 31.1 Å². The summed E-state index contributed by atoms with van der Waals surface area (Å²) in [5.74, 6) is 0. The molecule has 0 atom stereocenters. The van der Waals surface area contributed by atoms with Gasteiger partial charge in [-0.2, -0.15) is 0 Å². The van der Waals surface area contributed by atoms with E-state index in [0.717, 1.165) is 0 Å². The van der Waals surface area contributed by atoms with Crippen LogP contribution < -0.4 is 0 Å². The lowest BCUT2D eigenvalue weighted by Crippen LogP contribution is -1.92. The molecule has 2 heteroatoms. The standard InChI is InChI=1S/C19H15.BrH.Mg/c1-15-12-18(16-8-4-2-5-9-16)14-19(13-15)17-10-6-3-7-11-17;;/h2-14H,1H2;1H;/q;;+1/p-1. The van der Waals surface area contributed by atoms with Gasteiger partial charge in [0.15, 0.2) is 0 Å². The number of hydrogen-bond donors (Lipinski definition) is 0. The molecule has 0 unspecified atom stereocenters. The van der Waals surface area contributed by atoms with Crippen LogP contribution in [0.4, 0.5) is 0 Å². The summed E-state index contributed by atoms with van der Waals surface area (Å²) in [7, 11) is 0. The van der Waals surface area contributed by atoms with Gasteiger partial charge in [0, 0.05) is 0 Å². The van der Waals surface area contributed by atoms with Crippen LogP contribution in [0.2, 0.25) is 0 Å². The van der Waals surface area contributed by atoms with Crippen molar-refractivity contribution in [1.82, 2.24) is 0 Å². The van der Waals surface area contributed by atoms with E-state index >= 15 is 0 Å². The minimum absolute atomic E-state index is 0.163. The predicted octanol–water partition coefficient (Wildman–Crippen LogP) is 5.53. The normalized spacial score (nSPS) is 10.1. The fourth-order valence-electron chi connectivity index (χ4n) is 2.54. The van der Waals surface area contributed by atoms with Gasteiger partial charge in [-0.05, 0) is 28.3 Å². The molecule has 3 rings (SSSR count). The third-order valence-electron chi connectivity index (χ3n) is 3.59. The molecule has 0 bridgehead atoms. The van der Waals surface area contributed by atoms with E-state index in [2.05, 4.69) is 91.7 Å². The van der Waals surface area contributed by atoms with Crippen LogP contribution in [0.25, 0.3) is 22.3 Å². The Labute approximate surface area is 141 Å². The van der Waals surface area contributed by atoms with Crippen molar-refractivity contribution in [1.29, 1.82) is 0 Å². The van der Waals surface area contributed by atoms with Crippen molar-refractivity contribution in [3.63, 3.8) is 0 Å². The van der Waals surface area contributed by atoms with Gasteiger partial charge in [0.05, 0.1) is 0 Å². The smallest absolute Gasteiger partial charge is 0.306 e. The topological polar surface area (TPSA) is 0 Å². The van der Waals surface area contributed by atoms with Gasteiger partial charge < -0.3 is 12.9 Å². The molecule has 0 heterocycles. The first-order chi connectivity index (χ1) is 10.4. The Bertz CT molecular complexity index is 650. The van der Waals surface area contributed by atoms with E-state index in [9.17, 15) is 0 Å². The highest BCUT2D eigenvalue weighted by atomic mass is 79.9. The Balaban J connectivity index is 2.11. The molecule has 0 aliphatic heterocycles. The lowest BCUT2D eigenvalue weighted by molar-refractivity contribution is 1.39. The van der Waals surface area contributed by atoms with Crippen LogP contribution in [0, 0.1) is 0 Å². The van der Waals surface area contributed by atoms with Crippen molar-refractivity contribution in [2.75, 3.05) is 0 Å².